The average molecular weight is 298 g/mol. The standard InChI is InChI=1S/C18H18O4/c1-12(2)14-10-6-7-11-15(14)22-18(21)16(17(19)20)13-8-4-3-5-9-13/h3-12,16H,1-2H3,(H,19,20). The van der Waals surface area contributed by atoms with Gasteiger partial charge in [-0.15, -0.1) is 0 Å². The predicted octanol–water partition coefficient (Wildman–Crippen LogP) is 3.58. The quantitative estimate of drug-likeness (QED) is 0.520. The number of esters is 1. The second-order valence-electron chi connectivity index (χ2n) is 5.30. The molecule has 0 aromatic heterocycles. The summed E-state index contributed by atoms with van der Waals surface area (Å²) in [4.78, 5) is 23.8. The third-order valence-corrected chi connectivity index (χ3v) is 3.37. The van der Waals surface area contributed by atoms with E-state index in [0.29, 0.717) is 11.3 Å². The van der Waals surface area contributed by atoms with Gasteiger partial charge in [-0.05, 0) is 23.1 Å². The van der Waals surface area contributed by atoms with Crippen LogP contribution in [0.15, 0.2) is 54.6 Å². The van der Waals surface area contributed by atoms with Crippen molar-refractivity contribution in [3.8, 4) is 5.75 Å². The van der Waals surface area contributed by atoms with Gasteiger partial charge < -0.3 is 9.84 Å². The molecule has 1 unspecified atom stereocenters. The van der Waals surface area contributed by atoms with E-state index in [1.54, 1.807) is 42.5 Å². The molecule has 0 aliphatic carbocycles. The van der Waals surface area contributed by atoms with Crippen LogP contribution >= 0.6 is 0 Å². The molecule has 0 spiro atoms. The number of carbonyl (C=O) groups excluding carboxylic acids is 1. The molecular formula is C18H18O4. The zero-order valence-corrected chi connectivity index (χ0v) is 12.5. The van der Waals surface area contributed by atoms with Crippen molar-refractivity contribution in [2.24, 2.45) is 0 Å². The highest BCUT2D eigenvalue weighted by molar-refractivity contribution is 6.00. The molecule has 0 aliphatic rings. The smallest absolute Gasteiger partial charge is 0.330 e. The van der Waals surface area contributed by atoms with E-state index in [0.717, 1.165) is 5.56 Å². The lowest BCUT2D eigenvalue weighted by Crippen LogP contribution is -2.26. The van der Waals surface area contributed by atoms with Crippen molar-refractivity contribution >= 4 is 11.9 Å². The van der Waals surface area contributed by atoms with Crippen molar-refractivity contribution in [3.05, 3.63) is 65.7 Å². The molecule has 0 saturated heterocycles. The highest BCUT2D eigenvalue weighted by atomic mass is 16.5. The second-order valence-corrected chi connectivity index (χ2v) is 5.30. The Kier molecular flexibility index (Phi) is 4.94. The Morgan fingerprint density at radius 2 is 1.55 bits per heavy atom. The molecule has 4 heteroatoms. The van der Waals surface area contributed by atoms with Crippen LogP contribution in [0.2, 0.25) is 0 Å². The molecular weight excluding hydrogens is 280 g/mol. The van der Waals surface area contributed by atoms with Crippen molar-refractivity contribution in [2.75, 3.05) is 0 Å². The first-order valence-corrected chi connectivity index (χ1v) is 7.09. The van der Waals surface area contributed by atoms with Crippen LogP contribution < -0.4 is 4.74 Å². The lowest BCUT2D eigenvalue weighted by atomic mass is 9.99. The molecule has 2 aromatic carbocycles. The SMILES string of the molecule is CC(C)c1ccccc1OC(=O)C(C(=O)O)c1ccccc1. The molecule has 0 amide bonds. The van der Waals surface area contributed by atoms with Crippen molar-refractivity contribution in [1.82, 2.24) is 0 Å². The summed E-state index contributed by atoms with van der Waals surface area (Å²) in [5, 5.41) is 9.35. The van der Waals surface area contributed by atoms with Crippen molar-refractivity contribution in [3.63, 3.8) is 0 Å². The molecule has 4 nitrogen and oxygen atoms in total. The lowest BCUT2D eigenvalue weighted by molar-refractivity contribution is -0.148. The number of hydrogen-bond acceptors (Lipinski definition) is 3. The van der Waals surface area contributed by atoms with Gasteiger partial charge in [0, 0.05) is 0 Å². The number of carboxylic acids is 1. The summed E-state index contributed by atoms with van der Waals surface area (Å²) in [6, 6.07) is 15.5. The van der Waals surface area contributed by atoms with E-state index in [1.807, 2.05) is 26.0 Å². The second kappa shape index (κ2) is 6.89. The van der Waals surface area contributed by atoms with E-state index in [4.69, 9.17) is 4.74 Å². The van der Waals surface area contributed by atoms with E-state index < -0.39 is 17.9 Å². The first-order chi connectivity index (χ1) is 10.5. The zero-order valence-electron chi connectivity index (χ0n) is 12.5. The molecule has 1 N–H and O–H groups in total. The number of benzene rings is 2. The number of para-hydroxylation sites is 1. The molecule has 114 valence electrons. The van der Waals surface area contributed by atoms with E-state index in [1.165, 1.54) is 0 Å². The number of carboxylic acid groups (broad SMARTS) is 1. The van der Waals surface area contributed by atoms with Crippen molar-refractivity contribution < 1.29 is 19.4 Å². The van der Waals surface area contributed by atoms with Crippen LogP contribution in [0.1, 0.15) is 36.8 Å². The van der Waals surface area contributed by atoms with E-state index >= 15 is 0 Å². The molecule has 0 saturated carbocycles. The Morgan fingerprint density at radius 1 is 0.955 bits per heavy atom. The Hall–Kier alpha value is -2.62. The fourth-order valence-corrected chi connectivity index (χ4v) is 2.24. The minimum atomic E-state index is -1.33. The van der Waals surface area contributed by atoms with Gasteiger partial charge in [-0.3, -0.25) is 9.59 Å². The predicted molar refractivity (Wildman–Crippen MR) is 83.0 cm³/mol. The Balaban J connectivity index is 2.29. The summed E-state index contributed by atoms with van der Waals surface area (Å²) in [5.41, 5.74) is 1.27. The number of rotatable bonds is 5. The first-order valence-electron chi connectivity index (χ1n) is 7.09. The van der Waals surface area contributed by atoms with Gasteiger partial charge in [0.05, 0.1) is 0 Å². The molecule has 0 fully saturated rings. The number of carbonyl (C=O) groups is 2. The Bertz CT molecular complexity index is 662. The van der Waals surface area contributed by atoms with Crippen LogP contribution in [-0.4, -0.2) is 17.0 Å². The molecule has 0 aliphatic heterocycles. The van der Waals surface area contributed by atoms with E-state index in [9.17, 15) is 14.7 Å². The summed E-state index contributed by atoms with van der Waals surface area (Å²) in [7, 11) is 0. The van der Waals surface area contributed by atoms with Crippen LogP contribution in [0, 0.1) is 0 Å². The topological polar surface area (TPSA) is 63.6 Å². The maximum absolute atomic E-state index is 12.3. The number of aliphatic carboxylic acids is 1. The maximum atomic E-state index is 12.3. The van der Waals surface area contributed by atoms with Gasteiger partial charge in [-0.2, -0.15) is 0 Å². The van der Waals surface area contributed by atoms with Gasteiger partial charge in [-0.25, -0.2) is 0 Å². The van der Waals surface area contributed by atoms with Crippen LogP contribution in [0.3, 0.4) is 0 Å². The lowest BCUT2D eigenvalue weighted by Gasteiger charge is -2.16. The maximum Gasteiger partial charge on any atom is 0.330 e. The number of hydrogen-bond donors (Lipinski definition) is 1. The van der Waals surface area contributed by atoms with Gasteiger partial charge in [0.15, 0.2) is 5.92 Å². The molecule has 0 bridgehead atoms. The largest absolute Gasteiger partial charge is 0.480 e. The molecule has 2 rings (SSSR count). The highest BCUT2D eigenvalue weighted by Gasteiger charge is 2.30. The van der Waals surface area contributed by atoms with Gasteiger partial charge in [0.2, 0.25) is 0 Å². The molecule has 22 heavy (non-hydrogen) atoms. The first kappa shape index (κ1) is 15.8. The fraction of sp³-hybridized carbons (Fsp3) is 0.222. The highest BCUT2D eigenvalue weighted by Crippen LogP contribution is 2.28. The number of ether oxygens (including phenoxy) is 1. The summed E-state index contributed by atoms with van der Waals surface area (Å²) >= 11 is 0. The fourth-order valence-electron chi connectivity index (χ4n) is 2.24. The molecule has 1 atom stereocenters. The van der Waals surface area contributed by atoms with Crippen LogP contribution in [0.5, 0.6) is 5.75 Å². The van der Waals surface area contributed by atoms with Gasteiger partial charge >= 0.3 is 11.9 Å². The summed E-state index contributed by atoms with van der Waals surface area (Å²) in [5.74, 6) is -2.76. The van der Waals surface area contributed by atoms with Crippen molar-refractivity contribution in [1.29, 1.82) is 0 Å². The zero-order chi connectivity index (χ0) is 16.1. The summed E-state index contributed by atoms with van der Waals surface area (Å²) < 4.78 is 5.36. The van der Waals surface area contributed by atoms with Crippen LogP contribution in [-0.2, 0) is 9.59 Å². The third kappa shape index (κ3) is 3.52. The summed E-state index contributed by atoms with van der Waals surface area (Å²) in [6.45, 7) is 3.97. The van der Waals surface area contributed by atoms with E-state index in [2.05, 4.69) is 0 Å². The molecule has 0 radical (unpaired) electrons. The summed E-state index contributed by atoms with van der Waals surface area (Å²) in [6.07, 6.45) is 0. The van der Waals surface area contributed by atoms with Crippen LogP contribution in [0.25, 0.3) is 0 Å². The van der Waals surface area contributed by atoms with Crippen molar-refractivity contribution in [2.45, 2.75) is 25.7 Å². The monoisotopic (exact) mass is 298 g/mol. The van der Waals surface area contributed by atoms with Gasteiger partial charge in [0.1, 0.15) is 5.75 Å². The van der Waals surface area contributed by atoms with Crippen LogP contribution in [0.4, 0.5) is 0 Å². The Labute approximate surface area is 129 Å². The minimum absolute atomic E-state index is 0.170. The van der Waals surface area contributed by atoms with E-state index in [-0.39, 0.29) is 5.92 Å². The molecule has 0 heterocycles. The van der Waals surface area contributed by atoms with Gasteiger partial charge in [0.25, 0.3) is 0 Å². The normalized spacial score (nSPS) is 12.0. The molecule has 2 aromatic rings. The third-order valence-electron chi connectivity index (χ3n) is 3.37. The Morgan fingerprint density at radius 3 is 2.14 bits per heavy atom. The minimum Gasteiger partial charge on any atom is -0.480 e. The average Bonchev–Trinajstić information content (AvgIpc) is 2.48. The van der Waals surface area contributed by atoms with Gasteiger partial charge in [-0.1, -0.05) is 62.4 Å².